The van der Waals surface area contributed by atoms with Gasteiger partial charge in [-0.15, -0.1) is 0 Å². The van der Waals surface area contributed by atoms with Crippen LogP contribution >= 0.6 is 0 Å². The van der Waals surface area contributed by atoms with E-state index < -0.39 is 0 Å². The summed E-state index contributed by atoms with van der Waals surface area (Å²) in [4.78, 5) is 0. The summed E-state index contributed by atoms with van der Waals surface area (Å²) >= 11 is 0. The van der Waals surface area contributed by atoms with Crippen LogP contribution in [-0.4, -0.2) is 30.0 Å². The normalized spacial score (nSPS) is 12.1. The van der Waals surface area contributed by atoms with Crippen LogP contribution in [-0.2, 0) is 4.74 Å². The summed E-state index contributed by atoms with van der Waals surface area (Å²) in [5.41, 5.74) is 0.517. The molecule has 0 aliphatic carbocycles. The number of rotatable bonds is 4. The number of ether oxygens (including phenoxy) is 1. The van der Waals surface area contributed by atoms with Crippen LogP contribution in [0.4, 0.5) is 5.82 Å². The van der Waals surface area contributed by atoms with E-state index in [4.69, 9.17) is 10.00 Å². The van der Waals surface area contributed by atoms with Crippen molar-refractivity contribution in [1.29, 1.82) is 5.26 Å². The van der Waals surface area contributed by atoms with E-state index in [1.54, 1.807) is 7.11 Å². The number of hydrogen-bond acceptors (Lipinski definition) is 4. The average Bonchev–Trinajstić information content (AvgIpc) is 2.61. The third kappa shape index (κ3) is 2.46. The topological polar surface area (TPSA) is 73.7 Å². The van der Waals surface area contributed by atoms with Crippen LogP contribution in [0.3, 0.4) is 0 Å². The fourth-order valence-electron chi connectivity index (χ4n) is 0.835. The molecule has 0 bridgehead atoms. The lowest BCUT2D eigenvalue weighted by atomic mass is 10.3. The predicted molar refractivity (Wildman–Crippen MR) is 48.3 cm³/mol. The number of anilines is 1. The summed E-state index contributed by atoms with van der Waals surface area (Å²) in [5.74, 6) is 0.645. The van der Waals surface area contributed by atoms with Gasteiger partial charge in [-0.3, -0.25) is 5.10 Å². The molecular formula is C8H12N4O. The molecule has 1 aromatic heterocycles. The Labute approximate surface area is 76.7 Å². The van der Waals surface area contributed by atoms with Crippen LogP contribution in [0, 0.1) is 11.3 Å². The summed E-state index contributed by atoms with van der Waals surface area (Å²) in [6.45, 7) is 2.59. The highest BCUT2D eigenvalue weighted by Gasteiger charge is 2.04. The van der Waals surface area contributed by atoms with Gasteiger partial charge in [0.05, 0.1) is 12.3 Å². The molecule has 2 N–H and O–H groups in total. The van der Waals surface area contributed by atoms with E-state index in [0.29, 0.717) is 17.9 Å². The largest absolute Gasteiger partial charge is 0.380 e. The molecule has 0 aliphatic heterocycles. The number of H-pyrrole nitrogens is 1. The van der Waals surface area contributed by atoms with Gasteiger partial charge in [-0.1, -0.05) is 0 Å². The second kappa shape index (κ2) is 4.48. The maximum absolute atomic E-state index is 8.65. The molecule has 5 heteroatoms. The van der Waals surface area contributed by atoms with E-state index in [1.807, 2.05) is 13.0 Å². The molecule has 0 aliphatic rings. The number of methoxy groups -OCH3 is 1. The van der Waals surface area contributed by atoms with E-state index >= 15 is 0 Å². The number of aromatic nitrogens is 2. The number of nitriles is 1. The Morgan fingerprint density at radius 3 is 3.23 bits per heavy atom. The van der Waals surface area contributed by atoms with Crippen molar-refractivity contribution in [2.45, 2.75) is 13.0 Å². The minimum Gasteiger partial charge on any atom is -0.380 e. The highest BCUT2D eigenvalue weighted by atomic mass is 16.5. The minimum atomic E-state index is 0.106. The molecule has 0 amide bonds. The fourth-order valence-corrected chi connectivity index (χ4v) is 0.835. The van der Waals surface area contributed by atoms with Crippen LogP contribution in [0.15, 0.2) is 6.20 Å². The van der Waals surface area contributed by atoms with Gasteiger partial charge in [-0.2, -0.15) is 10.4 Å². The van der Waals surface area contributed by atoms with Gasteiger partial charge in [-0.05, 0) is 6.92 Å². The molecule has 13 heavy (non-hydrogen) atoms. The number of nitrogens with one attached hydrogen (secondary N) is 2. The highest BCUT2D eigenvalue weighted by Crippen LogP contribution is 2.08. The van der Waals surface area contributed by atoms with E-state index in [9.17, 15) is 0 Å². The number of nitrogens with zero attached hydrogens (tertiary/aromatic N) is 2. The third-order valence-electron chi connectivity index (χ3n) is 1.73. The number of hydrogen-bond donors (Lipinski definition) is 2. The van der Waals surface area contributed by atoms with E-state index in [0.717, 1.165) is 0 Å². The fraction of sp³-hybridized carbons (Fsp3) is 0.500. The zero-order chi connectivity index (χ0) is 9.68. The monoisotopic (exact) mass is 180 g/mol. The van der Waals surface area contributed by atoms with Crippen molar-refractivity contribution in [1.82, 2.24) is 10.2 Å². The first-order chi connectivity index (χ1) is 6.27. The molecule has 1 atom stereocenters. The van der Waals surface area contributed by atoms with Crippen LogP contribution < -0.4 is 5.32 Å². The van der Waals surface area contributed by atoms with Gasteiger partial charge in [0.2, 0.25) is 0 Å². The Hall–Kier alpha value is -1.54. The Morgan fingerprint density at radius 2 is 2.62 bits per heavy atom. The Bertz CT molecular complexity index is 301. The maximum atomic E-state index is 8.65. The highest BCUT2D eigenvalue weighted by molar-refractivity contribution is 5.50. The van der Waals surface area contributed by atoms with Crippen LogP contribution in [0.5, 0.6) is 0 Å². The van der Waals surface area contributed by atoms with Crippen molar-refractivity contribution in [3.8, 4) is 6.07 Å². The van der Waals surface area contributed by atoms with Crippen molar-refractivity contribution >= 4 is 5.82 Å². The molecule has 70 valence electrons. The Morgan fingerprint density at radius 1 is 1.85 bits per heavy atom. The zero-order valence-electron chi connectivity index (χ0n) is 7.66. The summed E-state index contributed by atoms with van der Waals surface area (Å²) in [6, 6.07) is 2.02. The Balaban J connectivity index is 2.50. The lowest BCUT2D eigenvalue weighted by Gasteiger charge is -2.09. The first-order valence-electron chi connectivity index (χ1n) is 3.98. The first kappa shape index (κ1) is 9.55. The van der Waals surface area contributed by atoms with Crippen molar-refractivity contribution in [2.75, 3.05) is 19.0 Å². The van der Waals surface area contributed by atoms with E-state index in [1.165, 1.54) is 6.20 Å². The molecule has 0 saturated heterocycles. The van der Waals surface area contributed by atoms with Gasteiger partial charge < -0.3 is 10.1 Å². The molecule has 1 heterocycles. The molecule has 0 saturated carbocycles. The van der Waals surface area contributed by atoms with Crippen molar-refractivity contribution in [3.63, 3.8) is 0 Å². The van der Waals surface area contributed by atoms with Gasteiger partial charge >= 0.3 is 0 Å². The van der Waals surface area contributed by atoms with Crippen molar-refractivity contribution < 1.29 is 4.74 Å². The van der Waals surface area contributed by atoms with Crippen LogP contribution in [0.2, 0.25) is 0 Å². The SMILES string of the molecule is COC(C)CNc1[nH]ncc1C#N. The molecule has 1 aromatic rings. The predicted octanol–water partition coefficient (Wildman–Crippen LogP) is 0.728. The molecule has 0 radical (unpaired) electrons. The summed E-state index contributed by atoms with van der Waals surface area (Å²) in [6.07, 6.45) is 1.59. The van der Waals surface area contributed by atoms with E-state index in [-0.39, 0.29) is 6.10 Å². The van der Waals surface area contributed by atoms with Crippen molar-refractivity contribution in [3.05, 3.63) is 11.8 Å². The summed E-state index contributed by atoms with van der Waals surface area (Å²) in [7, 11) is 1.64. The number of aromatic amines is 1. The first-order valence-corrected chi connectivity index (χ1v) is 3.98. The molecule has 0 aromatic carbocycles. The van der Waals surface area contributed by atoms with E-state index in [2.05, 4.69) is 15.5 Å². The molecule has 1 rings (SSSR count). The lowest BCUT2D eigenvalue weighted by molar-refractivity contribution is 0.128. The van der Waals surface area contributed by atoms with Gasteiger partial charge in [-0.25, -0.2) is 0 Å². The molecular weight excluding hydrogens is 168 g/mol. The van der Waals surface area contributed by atoms with Gasteiger partial charge in [0, 0.05) is 13.7 Å². The zero-order valence-corrected chi connectivity index (χ0v) is 7.66. The standard InChI is InChI=1S/C8H12N4O/c1-6(13-2)4-10-8-7(3-9)5-11-12-8/h5-6H,4H2,1-2H3,(H2,10,11,12). The summed E-state index contributed by atoms with van der Waals surface area (Å²) < 4.78 is 5.04. The second-order valence-electron chi connectivity index (χ2n) is 2.70. The smallest absolute Gasteiger partial charge is 0.139 e. The maximum Gasteiger partial charge on any atom is 0.139 e. The van der Waals surface area contributed by atoms with Crippen molar-refractivity contribution in [2.24, 2.45) is 0 Å². The van der Waals surface area contributed by atoms with Crippen LogP contribution in [0.1, 0.15) is 12.5 Å². The minimum absolute atomic E-state index is 0.106. The van der Waals surface area contributed by atoms with Gasteiger partial charge in [0.1, 0.15) is 17.5 Å². The lowest BCUT2D eigenvalue weighted by Crippen LogP contribution is -2.18. The average molecular weight is 180 g/mol. The molecule has 1 unspecified atom stereocenters. The second-order valence-corrected chi connectivity index (χ2v) is 2.70. The molecule has 0 fully saturated rings. The van der Waals surface area contributed by atoms with Gasteiger partial charge in [0.15, 0.2) is 0 Å². The molecule has 0 spiro atoms. The quantitative estimate of drug-likeness (QED) is 0.716. The molecule has 5 nitrogen and oxygen atoms in total. The third-order valence-corrected chi connectivity index (χ3v) is 1.73. The van der Waals surface area contributed by atoms with Crippen LogP contribution in [0.25, 0.3) is 0 Å². The van der Waals surface area contributed by atoms with Gasteiger partial charge in [0.25, 0.3) is 0 Å². The Kier molecular flexibility index (Phi) is 3.29. The summed E-state index contributed by atoms with van der Waals surface area (Å²) in [5, 5.41) is 18.1.